The number of piperidine rings is 1. The van der Waals surface area contributed by atoms with Gasteiger partial charge in [0.2, 0.25) is 5.91 Å². The topological polar surface area (TPSA) is 23.6 Å². The van der Waals surface area contributed by atoms with Gasteiger partial charge in [-0.05, 0) is 45.3 Å². The summed E-state index contributed by atoms with van der Waals surface area (Å²) in [5, 5.41) is 0. The second kappa shape index (κ2) is 4.97. The summed E-state index contributed by atoms with van der Waals surface area (Å²) in [5.74, 6) is 0.760. The number of hydrogen-bond acceptors (Lipinski definition) is 2. The molecule has 1 amide bonds. The molecule has 3 heteroatoms. The maximum atomic E-state index is 12.0. The third kappa shape index (κ3) is 2.51. The van der Waals surface area contributed by atoms with Gasteiger partial charge >= 0.3 is 0 Å². The van der Waals surface area contributed by atoms with Crippen molar-refractivity contribution < 1.29 is 4.79 Å². The van der Waals surface area contributed by atoms with Crippen molar-refractivity contribution in [2.75, 3.05) is 32.7 Å². The molecule has 0 spiro atoms. The van der Waals surface area contributed by atoms with E-state index in [0.717, 1.165) is 39.0 Å². The first-order chi connectivity index (χ1) is 7.31. The van der Waals surface area contributed by atoms with E-state index in [9.17, 15) is 4.79 Å². The minimum Gasteiger partial charge on any atom is -0.342 e. The summed E-state index contributed by atoms with van der Waals surface area (Å²) in [4.78, 5) is 16.5. The van der Waals surface area contributed by atoms with Crippen LogP contribution in [0.1, 0.15) is 32.6 Å². The van der Waals surface area contributed by atoms with Gasteiger partial charge in [0, 0.05) is 19.0 Å². The number of carbonyl (C=O) groups excluding carboxylic acids is 1. The van der Waals surface area contributed by atoms with E-state index in [1.807, 2.05) is 4.90 Å². The minimum absolute atomic E-state index is 0.332. The zero-order valence-corrected chi connectivity index (χ0v) is 9.74. The predicted molar refractivity (Wildman–Crippen MR) is 60.7 cm³/mol. The average Bonchev–Trinajstić information content (AvgIpc) is 2.16. The molecule has 0 aromatic heterocycles. The van der Waals surface area contributed by atoms with Gasteiger partial charge in [-0.25, -0.2) is 0 Å². The van der Waals surface area contributed by atoms with Crippen molar-refractivity contribution in [1.29, 1.82) is 0 Å². The Morgan fingerprint density at radius 1 is 1.20 bits per heavy atom. The van der Waals surface area contributed by atoms with E-state index in [4.69, 9.17) is 0 Å². The molecular weight excluding hydrogens is 188 g/mol. The largest absolute Gasteiger partial charge is 0.342 e. The molecule has 2 heterocycles. The number of hydrogen-bond donors (Lipinski definition) is 0. The smallest absolute Gasteiger partial charge is 0.225 e. The predicted octanol–water partition coefficient (Wildman–Crippen LogP) is 1.34. The summed E-state index contributed by atoms with van der Waals surface area (Å²) in [5.41, 5.74) is 0. The molecule has 86 valence electrons. The Balaban J connectivity index is 1.74. The Labute approximate surface area is 92.4 Å². The average molecular weight is 210 g/mol. The van der Waals surface area contributed by atoms with Gasteiger partial charge in [-0.1, -0.05) is 6.92 Å². The van der Waals surface area contributed by atoms with E-state index < -0.39 is 0 Å². The third-order valence-corrected chi connectivity index (χ3v) is 3.64. The van der Waals surface area contributed by atoms with Gasteiger partial charge < -0.3 is 9.80 Å². The number of carbonyl (C=O) groups is 1. The van der Waals surface area contributed by atoms with Gasteiger partial charge in [-0.2, -0.15) is 0 Å². The fourth-order valence-corrected chi connectivity index (χ4v) is 2.51. The lowest BCUT2D eigenvalue weighted by molar-refractivity contribution is -0.140. The Morgan fingerprint density at radius 3 is 2.33 bits per heavy atom. The summed E-state index contributed by atoms with van der Waals surface area (Å²) in [6.07, 6.45) is 4.59. The van der Waals surface area contributed by atoms with Crippen LogP contribution < -0.4 is 0 Å². The highest BCUT2D eigenvalue weighted by Gasteiger charge is 2.30. The van der Waals surface area contributed by atoms with Crippen molar-refractivity contribution in [1.82, 2.24) is 9.80 Å². The second-order valence-corrected chi connectivity index (χ2v) is 4.79. The fraction of sp³-hybridized carbons (Fsp3) is 0.917. The zero-order valence-electron chi connectivity index (χ0n) is 9.74. The van der Waals surface area contributed by atoms with Gasteiger partial charge in [-0.3, -0.25) is 4.79 Å². The second-order valence-electron chi connectivity index (χ2n) is 4.79. The van der Waals surface area contributed by atoms with Gasteiger partial charge in [0.15, 0.2) is 0 Å². The highest BCUT2D eigenvalue weighted by Crippen LogP contribution is 2.22. The molecule has 2 aliphatic rings. The van der Waals surface area contributed by atoms with Gasteiger partial charge in [0.1, 0.15) is 0 Å². The monoisotopic (exact) mass is 210 g/mol. The van der Waals surface area contributed by atoms with Crippen LogP contribution in [-0.2, 0) is 4.79 Å². The summed E-state index contributed by atoms with van der Waals surface area (Å²) >= 11 is 0. The third-order valence-electron chi connectivity index (χ3n) is 3.64. The zero-order chi connectivity index (χ0) is 10.7. The Kier molecular flexibility index (Phi) is 3.62. The Hall–Kier alpha value is -0.570. The van der Waals surface area contributed by atoms with E-state index >= 15 is 0 Å². The molecule has 0 aliphatic carbocycles. The molecule has 0 bridgehead atoms. The fourth-order valence-electron chi connectivity index (χ4n) is 2.51. The van der Waals surface area contributed by atoms with Crippen molar-refractivity contribution >= 4 is 5.91 Å². The molecule has 15 heavy (non-hydrogen) atoms. The van der Waals surface area contributed by atoms with Crippen LogP contribution in [0.4, 0.5) is 0 Å². The quantitative estimate of drug-likeness (QED) is 0.702. The van der Waals surface area contributed by atoms with Crippen molar-refractivity contribution in [3.8, 4) is 0 Å². The van der Waals surface area contributed by atoms with Crippen molar-refractivity contribution in [3.05, 3.63) is 0 Å². The van der Waals surface area contributed by atoms with E-state index in [1.54, 1.807) is 0 Å². The molecular formula is C12H22N2O. The van der Waals surface area contributed by atoms with E-state index in [0.29, 0.717) is 11.8 Å². The molecule has 0 unspecified atom stereocenters. The molecule has 0 atom stereocenters. The van der Waals surface area contributed by atoms with Crippen LogP contribution in [0.5, 0.6) is 0 Å². The summed E-state index contributed by atoms with van der Waals surface area (Å²) in [6.45, 7) is 7.68. The van der Waals surface area contributed by atoms with Gasteiger partial charge in [-0.15, -0.1) is 0 Å². The van der Waals surface area contributed by atoms with Crippen molar-refractivity contribution in [2.45, 2.75) is 32.6 Å². The summed E-state index contributed by atoms with van der Waals surface area (Å²) in [7, 11) is 0. The lowest BCUT2D eigenvalue weighted by atomic mass is 9.94. The molecule has 0 radical (unpaired) electrons. The maximum Gasteiger partial charge on any atom is 0.225 e. The SMILES string of the molecule is CCCN1CCC(C(=O)N2CCC2)CC1. The highest BCUT2D eigenvalue weighted by molar-refractivity contribution is 5.79. The first kappa shape index (κ1) is 10.9. The molecule has 2 aliphatic heterocycles. The van der Waals surface area contributed by atoms with Crippen LogP contribution in [0.3, 0.4) is 0 Å². The molecule has 2 rings (SSSR count). The van der Waals surface area contributed by atoms with Gasteiger partial charge in [0.05, 0.1) is 0 Å². The lowest BCUT2D eigenvalue weighted by Gasteiger charge is -2.37. The van der Waals surface area contributed by atoms with Crippen LogP contribution in [0, 0.1) is 5.92 Å². The number of rotatable bonds is 3. The van der Waals surface area contributed by atoms with Crippen molar-refractivity contribution in [3.63, 3.8) is 0 Å². The molecule has 0 N–H and O–H groups in total. The van der Waals surface area contributed by atoms with Crippen LogP contribution in [0.15, 0.2) is 0 Å². The first-order valence-corrected chi connectivity index (χ1v) is 6.32. The molecule has 3 nitrogen and oxygen atoms in total. The minimum atomic E-state index is 0.332. The van der Waals surface area contributed by atoms with Crippen LogP contribution in [0.25, 0.3) is 0 Å². The standard InChI is InChI=1S/C12H22N2O/c1-2-6-13-9-4-11(5-10-13)12(15)14-7-3-8-14/h11H,2-10H2,1H3. The maximum absolute atomic E-state index is 12.0. The highest BCUT2D eigenvalue weighted by atomic mass is 16.2. The van der Waals surface area contributed by atoms with E-state index in [-0.39, 0.29) is 0 Å². The Bertz CT molecular complexity index is 218. The van der Waals surface area contributed by atoms with E-state index in [1.165, 1.54) is 19.4 Å². The van der Waals surface area contributed by atoms with Gasteiger partial charge in [0.25, 0.3) is 0 Å². The Morgan fingerprint density at radius 2 is 1.87 bits per heavy atom. The molecule has 2 fully saturated rings. The summed E-state index contributed by atoms with van der Waals surface area (Å²) < 4.78 is 0. The molecule has 0 aromatic carbocycles. The van der Waals surface area contributed by atoms with Crippen LogP contribution >= 0.6 is 0 Å². The van der Waals surface area contributed by atoms with E-state index in [2.05, 4.69) is 11.8 Å². The number of nitrogens with zero attached hydrogens (tertiary/aromatic N) is 2. The number of likely N-dealkylation sites (tertiary alicyclic amines) is 2. The molecule has 2 saturated heterocycles. The van der Waals surface area contributed by atoms with Crippen LogP contribution in [-0.4, -0.2) is 48.4 Å². The summed E-state index contributed by atoms with van der Waals surface area (Å²) in [6, 6.07) is 0. The first-order valence-electron chi connectivity index (χ1n) is 6.32. The van der Waals surface area contributed by atoms with Crippen LogP contribution in [0.2, 0.25) is 0 Å². The van der Waals surface area contributed by atoms with Crippen molar-refractivity contribution in [2.24, 2.45) is 5.92 Å². The lowest BCUT2D eigenvalue weighted by Crippen LogP contribution is -2.48. The molecule has 0 aromatic rings. The normalized spacial score (nSPS) is 23.9. The molecule has 0 saturated carbocycles. The number of amides is 1.